The summed E-state index contributed by atoms with van der Waals surface area (Å²) in [6, 6.07) is 0. The van der Waals surface area contributed by atoms with Crippen molar-refractivity contribution in [2.45, 2.75) is 124 Å². The quantitative estimate of drug-likeness (QED) is 0.302. The van der Waals surface area contributed by atoms with Crippen LogP contribution in [0.5, 0.6) is 0 Å². The van der Waals surface area contributed by atoms with Crippen molar-refractivity contribution in [3.8, 4) is 0 Å². The molecule has 0 amide bonds. The zero-order valence-electron chi connectivity index (χ0n) is 16.4. The van der Waals surface area contributed by atoms with Crippen LogP contribution in [-0.2, 0) is 9.59 Å². The van der Waals surface area contributed by atoms with Crippen LogP contribution in [0.4, 0.5) is 0 Å². The van der Waals surface area contributed by atoms with Crippen LogP contribution in [0.25, 0.3) is 0 Å². The van der Waals surface area contributed by atoms with Crippen molar-refractivity contribution in [2.24, 2.45) is 0 Å². The summed E-state index contributed by atoms with van der Waals surface area (Å²) < 4.78 is 0. The smallest absolute Gasteiger partial charge is 0.132 e. The lowest BCUT2D eigenvalue weighted by Crippen LogP contribution is -1.93. The van der Waals surface area contributed by atoms with E-state index in [1.165, 1.54) is 64.2 Å². The number of unbranched alkanes of at least 4 members (excludes halogenated alkanes) is 10. The zero-order valence-corrected chi connectivity index (χ0v) is 16.4. The molecule has 0 rings (SSSR count). The molecule has 0 saturated carbocycles. The number of carbonyl (C=O) groups excluding carboxylic acids is 2. The van der Waals surface area contributed by atoms with Crippen LogP contribution in [0.3, 0.4) is 0 Å². The first-order chi connectivity index (χ1) is 11.1. The molecule has 2 nitrogen and oxygen atoms in total. The van der Waals surface area contributed by atoms with Gasteiger partial charge >= 0.3 is 0 Å². The second-order valence-corrected chi connectivity index (χ2v) is 6.63. The van der Waals surface area contributed by atoms with Crippen LogP contribution in [0, 0.1) is 0 Å². The average Bonchev–Trinajstić information content (AvgIpc) is 2.54. The van der Waals surface area contributed by atoms with Crippen LogP contribution in [0.1, 0.15) is 124 Å². The van der Waals surface area contributed by atoms with Crippen molar-refractivity contribution in [3.05, 3.63) is 0 Å². The van der Waals surface area contributed by atoms with E-state index in [2.05, 4.69) is 13.8 Å². The summed E-state index contributed by atoms with van der Waals surface area (Å²) in [5.41, 5.74) is 0. The number of carbonyl (C=O) groups is 2. The summed E-state index contributed by atoms with van der Waals surface area (Å²) in [6.07, 6.45) is 17.6. The summed E-state index contributed by atoms with van der Waals surface area (Å²) in [4.78, 5) is 21.4. The van der Waals surface area contributed by atoms with E-state index in [4.69, 9.17) is 0 Å². The Bertz CT molecular complexity index is 259. The molecule has 0 aromatic rings. The minimum Gasteiger partial charge on any atom is -0.300 e. The van der Waals surface area contributed by atoms with Gasteiger partial charge in [-0.3, -0.25) is 4.79 Å². The number of hydrogen-bond donors (Lipinski definition) is 0. The SMILES string of the molecule is CCCCCCCC(=O)CC.CCCCCCCCCC(C)=O. The normalized spacial score (nSPS) is 10.1. The zero-order chi connectivity index (χ0) is 17.8. The van der Waals surface area contributed by atoms with Gasteiger partial charge in [-0.05, 0) is 19.8 Å². The third-order valence-corrected chi connectivity index (χ3v) is 4.09. The lowest BCUT2D eigenvalue weighted by molar-refractivity contribution is -0.119. The van der Waals surface area contributed by atoms with Gasteiger partial charge in [0.2, 0.25) is 0 Å². The van der Waals surface area contributed by atoms with Crippen molar-refractivity contribution < 1.29 is 9.59 Å². The first-order valence-electron chi connectivity index (χ1n) is 10.1. The van der Waals surface area contributed by atoms with Crippen LogP contribution in [-0.4, -0.2) is 11.6 Å². The Morgan fingerprint density at radius 3 is 1.35 bits per heavy atom. The summed E-state index contributed by atoms with van der Waals surface area (Å²) in [7, 11) is 0. The molecule has 23 heavy (non-hydrogen) atoms. The first-order valence-corrected chi connectivity index (χ1v) is 10.1. The van der Waals surface area contributed by atoms with Gasteiger partial charge in [0, 0.05) is 19.3 Å². The van der Waals surface area contributed by atoms with E-state index in [0.29, 0.717) is 18.0 Å². The predicted molar refractivity (Wildman–Crippen MR) is 102 cm³/mol. The van der Waals surface area contributed by atoms with E-state index in [9.17, 15) is 9.59 Å². The Morgan fingerprint density at radius 1 is 0.565 bits per heavy atom. The molecule has 0 heterocycles. The van der Waals surface area contributed by atoms with Gasteiger partial charge < -0.3 is 4.79 Å². The maximum atomic E-state index is 10.8. The standard InChI is InChI=1S/C11H22O.C10H20O/c1-3-4-5-6-7-8-9-10-11(2)12;1-3-5-6-7-8-9-10(11)4-2/h3-10H2,1-2H3;3-9H2,1-2H3. The highest BCUT2D eigenvalue weighted by atomic mass is 16.1. The third-order valence-electron chi connectivity index (χ3n) is 4.09. The van der Waals surface area contributed by atoms with Crippen molar-refractivity contribution in [1.82, 2.24) is 0 Å². The molecule has 0 radical (unpaired) electrons. The number of ketones is 2. The van der Waals surface area contributed by atoms with Gasteiger partial charge in [0.15, 0.2) is 0 Å². The summed E-state index contributed by atoms with van der Waals surface area (Å²) in [5.74, 6) is 0.755. The fraction of sp³-hybridized carbons (Fsp3) is 0.905. The second kappa shape index (κ2) is 21.3. The number of rotatable bonds is 15. The average molecular weight is 327 g/mol. The number of Topliss-reactive ketones (excluding diaryl/α,β-unsaturated/α-hetero) is 2. The van der Waals surface area contributed by atoms with Gasteiger partial charge in [0.05, 0.1) is 0 Å². The van der Waals surface area contributed by atoms with Crippen LogP contribution >= 0.6 is 0 Å². The molecule has 0 bridgehead atoms. The Labute approximate surface area is 145 Å². The summed E-state index contributed by atoms with van der Waals surface area (Å²) in [6.45, 7) is 8.05. The highest BCUT2D eigenvalue weighted by Gasteiger charge is 1.96. The first kappa shape index (κ1) is 24.6. The molecule has 0 aromatic carbocycles. The minimum absolute atomic E-state index is 0.337. The Balaban J connectivity index is 0. The Kier molecular flexibility index (Phi) is 22.8. The summed E-state index contributed by atoms with van der Waals surface area (Å²) in [5, 5.41) is 0. The van der Waals surface area contributed by atoms with E-state index in [-0.39, 0.29) is 0 Å². The van der Waals surface area contributed by atoms with Crippen LogP contribution in [0.15, 0.2) is 0 Å². The molecule has 0 atom stereocenters. The molecule has 0 aliphatic rings. The molecule has 0 aliphatic heterocycles. The summed E-state index contributed by atoms with van der Waals surface area (Å²) >= 11 is 0. The lowest BCUT2D eigenvalue weighted by Gasteiger charge is -1.98. The van der Waals surface area contributed by atoms with Crippen molar-refractivity contribution in [1.29, 1.82) is 0 Å². The van der Waals surface area contributed by atoms with Crippen LogP contribution < -0.4 is 0 Å². The fourth-order valence-electron chi connectivity index (χ4n) is 2.43. The van der Waals surface area contributed by atoms with E-state index in [0.717, 1.165) is 25.7 Å². The second-order valence-electron chi connectivity index (χ2n) is 6.63. The molecule has 0 aliphatic carbocycles. The Hall–Kier alpha value is -0.660. The van der Waals surface area contributed by atoms with E-state index in [1.807, 2.05) is 6.92 Å². The monoisotopic (exact) mass is 326 g/mol. The van der Waals surface area contributed by atoms with Crippen molar-refractivity contribution in [2.75, 3.05) is 0 Å². The molecule has 2 heteroatoms. The predicted octanol–water partition coefficient (Wildman–Crippen LogP) is 7.04. The number of hydrogen-bond acceptors (Lipinski definition) is 2. The van der Waals surface area contributed by atoms with E-state index < -0.39 is 0 Å². The third kappa shape index (κ3) is 26.5. The fourth-order valence-corrected chi connectivity index (χ4v) is 2.43. The highest BCUT2D eigenvalue weighted by molar-refractivity contribution is 5.77. The van der Waals surface area contributed by atoms with Gasteiger partial charge in [-0.2, -0.15) is 0 Å². The Morgan fingerprint density at radius 2 is 0.957 bits per heavy atom. The molecule has 0 spiro atoms. The van der Waals surface area contributed by atoms with Gasteiger partial charge in [0.1, 0.15) is 11.6 Å². The van der Waals surface area contributed by atoms with Gasteiger partial charge in [-0.15, -0.1) is 0 Å². The molecule has 0 N–H and O–H groups in total. The molecular formula is C21H42O2. The maximum absolute atomic E-state index is 10.8. The molecule has 0 aromatic heterocycles. The van der Waals surface area contributed by atoms with E-state index >= 15 is 0 Å². The highest BCUT2D eigenvalue weighted by Crippen LogP contribution is 2.08. The topological polar surface area (TPSA) is 34.1 Å². The lowest BCUT2D eigenvalue weighted by atomic mass is 10.1. The van der Waals surface area contributed by atoms with Crippen molar-refractivity contribution in [3.63, 3.8) is 0 Å². The molecular weight excluding hydrogens is 284 g/mol. The molecule has 0 saturated heterocycles. The van der Waals surface area contributed by atoms with Crippen molar-refractivity contribution >= 4 is 11.6 Å². The largest absolute Gasteiger partial charge is 0.300 e. The van der Waals surface area contributed by atoms with Crippen LogP contribution in [0.2, 0.25) is 0 Å². The molecule has 0 unspecified atom stereocenters. The van der Waals surface area contributed by atoms with Gasteiger partial charge in [0.25, 0.3) is 0 Å². The molecule has 0 fully saturated rings. The van der Waals surface area contributed by atoms with E-state index in [1.54, 1.807) is 6.92 Å². The minimum atomic E-state index is 0.337. The van der Waals surface area contributed by atoms with Gasteiger partial charge in [-0.1, -0.05) is 85.0 Å². The van der Waals surface area contributed by atoms with Gasteiger partial charge in [-0.25, -0.2) is 0 Å². The molecule has 138 valence electrons. The maximum Gasteiger partial charge on any atom is 0.132 e.